The van der Waals surface area contributed by atoms with Gasteiger partial charge in [0.1, 0.15) is 0 Å². The van der Waals surface area contributed by atoms with Crippen LogP contribution in [0.15, 0.2) is 96.0 Å². The summed E-state index contributed by atoms with van der Waals surface area (Å²) in [5.41, 5.74) is 4.15. The van der Waals surface area contributed by atoms with Crippen LogP contribution in [0, 0.1) is 5.92 Å². The van der Waals surface area contributed by atoms with E-state index in [1.807, 2.05) is 42.6 Å². The summed E-state index contributed by atoms with van der Waals surface area (Å²) in [6.45, 7) is 1.72. The third-order valence-corrected chi connectivity index (χ3v) is 7.95. The first-order valence-corrected chi connectivity index (χ1v) is 13.8. The van der Waals surface area contributed by atoms with E-state index in [9.17, 15) is 4.79 Å². The maximum atomic E-state index is 13.2. The van der Waals surface area contributed by atoms with Gasteiger partial charge in [0, 0.05) is 35.9 Å². The van der Waals surface area contributed by atoms with Gasteiger partial charge in [-0.1, -0.05) is 55.0 Å². The Kier molecular flexibility index (Phi) is 8.19. The van der Waals surface area contributed by atoms with Gasteiger partial charge in [0.25, 0.3) is 5.91 Å². The van der Waals surface area contributed by atoms with E-state index in [1.54, 1.807) is 11.9 Å². The van der Waals surface area contributed by atoms with Crippen LogP contribution in [0.3, 0.4) is 0 Å². The Morgan fingerprint density at radius 3 is 2.61 bits per heavy atom. The average Bonchev–Trinajstić information content (AvgIpc) is 3.18. The van der Waals surface area contributed by atoms with Gasteiger partial charge in [-0.15, -0.1) is 0 Å². The van der Waals surface area contributed by atoms with E-state index >= 15 is 0 Å². The molecular formula is C31H33N3OS. The van der Waals surface area contributed by atoms with Gasteiger partial charge in [-0.25, -0.2) is 0 Å². The van der Waals surface area contributed by atoms with Crippen molar-refractivity contribution in [2.75, 3.05) is 17.8 Å². The lowest BCUT2D eigenvalue weighted by Crippen LogP contribution is -2.32. The van der Waals surface area contributed by atoms with Crippen molar-refractivity contribution < 1.29 is 4.79 Å². The lowest BCUT2D eigenvalue weighted by molar-refractivity contribution is 0.0760. The number of pyridine rings is 1. The molecule has 1 saturated heterocycles. The van der Waals surface area contributed by atoms with E-state index in [-0.39, 0.29) is 5.91 Å². The van der Waals surface area contributed by atoms with Crippen LogP contribution in [0.5, 0.6) is 0 Å². The van der Waals surface area contributed by atoms with Crippen LogP contribution >= 0.6 is 11.9 Å². The van der Waals surface area contributed by atoms with Crippen LogP contribution in [0.25, 0.3) is 10.9 Å². The highest BCUT2D eigenvalue weighted by atomic mass is 32.2. The first-order chi connectivity index (χ1) is 17.8. The van der Waals surface area contributed by atoms with Crippen LogP contribution in [-0.2, 0) is 6.42 Å². The van der Waals surface area contributed by atoms with E-state index in [0.29, 0.717) is 0 Å². The maximum absolute atomic E-state index is 13.2. The van der Waals surface area contributed by atoms with Gasteiger partial charge < -0.3 is 9.62 Å². The largest absolute Gasteiger partial charge is 0.339 e. The van der Waals surface area contributed by atoms with Crippen molar-refractivity contribution in [2.24, 2.45) is 5.92 Å². The van der Waals surface area contributed by atoms with E-state index in [2.05, 4.69) is 63.1 Å². The van der Waals surface area contributed by atoms with Crippen molar-refractivity contribution in [1.29, 1.82) is 0 Å². The van der Waals surface area contributed by atoms with Crippen molar-refractivity contribution in [1.82, 2.24) is 9.88 Å². The topological polar surface area (TPSA) is 45.2 Å². The van der Waals surface area contributed by atoms with Crippen molar-refractivity contribution in [3.8, 4) is 0 Å². The molecule has 1 atom stereocenters. The normalized spacial score (nSPS) is 16.0. The number of nitrogens with one attached hydrogen (secondary N) is 1. The molecule has 0 spiro atoms. The standard InChI is InChI=1S/C31H33N3OS/c35-31(34-22-7-12-25(20-23-34)11-4-10-24-8-2-1-3-9-24)27-16-18-28(19-17-27)33-36-29-15-5-13-26-14-6-21-32-30(26)29/h1-3,5-6,8-9,13-19,21,25,33H,4,7,10-12,20,22-23H2. The highest BCUT2D eigenvalue weighted by molar-refractivity contribution is 8.00. The number of rotatable bonds is 8. The fourth-order valence-electron chi connectivity index (χ4n) is 5.03. The van der Waals surface area contributed by atoms with Gasteiger partial charge in [0.15, 0.2) is 0 Å². The van der Waals surface area contributed by atoms with Gasteiger partial charge >= 0.3 is 0 Å². The summed E-state index contributed by atoms with van der Waals surface area (Å²) >= 11 is 1.55. The van der Waals surface area contributed by atoms with Crippen LogP contribution in [0.2, 0.25) is 0 Å². The predicted molar refractivity (Wildman–Crippen MR) is 150 cm³/mol. The Hall–Kier alpha value is -3.31. The minimum Gasteiger partial charge on any atom is -0.339 e. The minimum absolute atomic E-state index is 0.150. The lowest BCUT2D eigenvalue weighted by atomic mass is 9.93. The SMILES string of the molecule is O=C(c1ccc(NSc2cccc3cccnc23)cc1)N1CCCC(CCCc2ccccc2)CC1. The fourth-order valence-corrected chi connectivity index (χ4v) is 5.81. The van der Waals surface area contributed by atoms with E-state index in [1.165, 1.54) is 24.8 Å². The Balaban J connectivity index is 1.11. The smallest absolute Gasteiger partial charge is 0.253 e. The molecular weight excluding hydrogens is 462 g/mol. The van der Waals surface area contributed by atoms with Crippen molar-refractivity contribution >= 4 is 34.4 Å². The number of aromatic nitrogens is 1. The zero-order valence-corrected chi connectivity index (χ0v) is 21.4. The molecule has 0 radical (unpaired) electrons. The molecule has 184 valence electrons. The molecule has 5 rings (SSSR count). The van der Waals surface area contributed by atoms with Crippen molar-refractivity contribution in [2.45, 2.75) is 43.4 Å². The molecule has 1 aromatic heterocycles. The first kappa shape index (κ1) is 24.4. The molecule has 5 heteroatoms. The van der Waals surface area contributed by atoms with Gasteiger partial charge in [0.05, 0.1) is 10.4 Å². The quantitative estimate of drug-likeness (QED) is 0.255. The number of anilines is 1. The zero-order valence-electron chi connectivity index (χ0n) is 20.6. The molecule has 0 aliphatic carbocycles. The van der Waals surface area contributed by atoms with Gasteiger partial charge in [-0.05, 0) is 91.9 Å². The van der Waals surface area contributed by atoms with Gasteiger partial charge in [0.2, 0.25) is 0 Å². The number of hydrogen-bond acceptors (Lipinski definition) is 4. The maximum Gasteiger partial charge on any atom is 0.253 e. The van der Waals surface area contributed by atoms with Crippen LogP contribution in [-0.4, -0.2) is 28.9 Å². The monoisotopic (exact) mass is 495 g/mol. The second-order valence-corrected chi connectivity index (χ2v) is 10.4. The Bertz CT molecular complexity index is 1270. The second kappa shape index (κ2) is 12.1. The number of likely N-dealkylation sites (tertiary alicyclic amines) is 1. The average molecular weight is 496 g/mol. The van der Waals surface area contributed by atoms with Crippen LogP contribution < -0.4 is 4.72 Å². The predicted octanol–water partition coefficient (Wildman–Crippen LogP) is 7.62. The van der Waals surface area contributed by atoms with Crippen molar-refractivity contribution in [3.63, 3.8) is 0 Å². The summed E-state index contributed by atoms with van der Waals surface area (Å²) in [6.07, 6.45) is 8.87. The highest BCUT2D eigenvalue weighted by Gasteiger charge is 2.21. The van der Waals surface area contributed by atoms with Gasteiger partial charge in [-0.3, -0.25) is 9.78 Å². The molecule has 4 nitrogen and oxygen atoms in total. The summed E-state index contributed by atoms with van der Waals surface area (Å²) in [5, 5.41) is 1.13. The second-order valence-electron chi connectivity index (χ2n) is 9.58. The Morgan fingerprint density at radius 1 is 0.917 bits per heavy atom. The van der Waals surface area contributed by atoms with E-state index < -0.39 is 0 Å². The third kappa shape index (κ3) is 6.27. The molecule has 3 aromatic carbocycles. The number of hydrogen-bond donors (Lipinski definition) is 1. The number of para-hydroxylation sites is 1. The summed E-state index contributed by atoms with van der Waals surface area (Å²) in [6, 6.07) is 28.8. The number of carbonyl (C=O) groups excluding carboxylic acids is 1. The number of amides is 1. The van der Waals surface area contributed by atoms with Crippen LogP contribution in [0.4, 0.5) is 5.69 Å². The van der Waals surface area contributed by atoms with E-state index in [0.717, 1.165) is 65.3 Å². The molecule has 1 amide bonds. The molecule has 1 N–H and O–H groups in total. The van der Waals surface area contributed by atoms with Crippen LogP contribution in [0.1, 0.15) is 48.0 Å². The summed E-state index contributed by atoms with van der Waals surface area (Å²) in [5.74, 6) is 0.871. The van der Waals surface area contributed by atoms with Gasteiger partial charge in [-0.2, -0.15) is 0 Å². The Morgan fingerprint density at radius 2 is 1.75 bits per heavy atom. The molecule has 1 unspecified atom stereocenters. The number of carbonyl (C=O) groups is 1. The minimum atomic E-state index is 0.150. The third-order valence-electron chi connectivity index (χ3n) is 7.06. The summed E-state index contributed by atoms with van der Waals surface area (Å²) in [7, 11) is 0. The molecule has 1 aliphatic heterocycles. The molecule has 1 aliphatic rings. The molecule has 0 saturated carbocycles. The zero-order chi connectivity index (χ0) is 24.6. The molecule has 0 bridgehead atoms. The van der Waals surface area contributed by atoms with Crippen molar-refractivity contribution in [3.05, 3.63) is 102 Å². The number of fused-ring (bicyclic) bond motifs is 1. The molecule has 1 fully saturated rings. The number of nitrogens with zero attached hydrogens (tertiary/aromatic N) is 2. The molecule has 2 heterocycles. The highest BCUT2D eigenvalue weighted by Crippen LogP contribution is 2.28. The Labute approximate surface area is 218 Å². The summed E-state index contributed by atoms with van der Waals surface area (Å²) in [4.78, 5) is 20.8. The summed E-state index contributed by atoms with van der Waals surface area (Å²) < 4.78 is 3.40. The first-order valence-electron chi connectivity index (χ1n) is 13.0. The molecule has 36 heavy (non-hydrogen) atoms. The number of benzene rings is 3. The molecule has 4 aromatic rings. The number of aryl methyl sites for hydroxylation is 1. The van der Waals surface area contributed by atoms with E-state index in [4.69, 9.17) is 0 Å². The fraction of sp³-hybridized carbons (Fsp3) is 0.290. The lowest BCUT2D eigenvalue weighted by Gasteiger charge is -2.21.